The minimum atomic E-state index is 0. The van der Waals surface area contributed by atoms with E-state index >= 15 is 0 Å². The molecule has 1 rings (SSSR count). The highest BCUT2D eigenvalue weighted by molar-refractivity contribution is 14.0. The van der Waals surface area contributed by atoms with Crippen LogP contribution in [0.15, 0.2) is 29.3 Å². The van der Waals surface area contributed by atoms with E-state index in [0.717, 1.165) is 10.6 Å². The SMILES string of the molecule is C#CCNC(=NC)NCc1cccc(Cl)c1.I. The van der Waals surface area contributed by atoms with Crippen LogP contribution in [0.25, 0.3) is 0 Å². The Hall–Kier alpha value is -0.930. The maximum Gasteiger partial charge on any atom is 0.192 e. The molecule has 0 spiro atoms. The van der Waals surface area contributed by atoms with E-state index in [-0.39, 0.29) is 24.0 Å². The van der Waals surface area contributed by atoms with Gasteiger partial charge in [-0.1, -0.05) is 29.7 Å². The van der Waals surface area contributed by atoms with Gasteiger partial charge in [-0.25, -0.2) is 0 Å². The number of nitrogens with one attached hydrogen (secondary N) is 2. The topological polar surface area (TPSA) is 36.4 Å². The first kappa shape index (κ1) is 16.1. The van der Waals surface area contributed by atoms with Gasteiger partial charge in [-0.2, -0.15) is 0 Å². The van der Waals surface area contributed by atoms with E-state index in [1.54, 1.807) is 7.05 Å². The van der Waals surface area contributed by atoms with E-state index in [0.29, 0.717) is 19.0 Å². The van der Waals surface area contributed by atoms with Gasteiger partial charge in [-0.3, -0.25) is 4.99 Å². The first-order valence-corrected chi connectivity index (χ1v) is 5.26. The van der Waals surface area contributed by atoms with Crippen molar-refractivity contribution in [1.82, 2.24) is 10.6 Å². The van der Waals surface area contributed by atoms with Crippen molar-refractivity contribution in [3.05, 3.63) is 34.9 Å². The fourth-order valence-corrected chi connectivity index (χ4v) is 1.40. The molecule has 0 aliphatic heterocycles. The molecular formula is C12H15ClIN3. The predicted molar refractivity (Wildman–Crippen MR) is 83.9 cm³/mol. The van der Waals surface area contributed by atoms with E-state index in [9.17, 15) is 0 Å². The molecule has 0 unspecified atom stereocenters. The van der Waals surface area contributed by atoms with Crippen LogP contribution in [-0.2, 0) is 6.54 Å². The monoisotopic (exact) mass is 363 g/mol. The van der Waals surface area contributed by atoms with Gasteiger partial charge >= 0.3 is 0 Å². The molecule has 0 atom stereocenters. The number of benzene rings is 1. The second-order valence-corrected chi connectivity index (χ2v) is 3.55. The highest BCUT2D eigenvalue weighted by atomic mass is 127. The Balaban J connectivity index is 0.00000256. The molecule has 0 amide bonds. The maximum absolute atomic E-state index is 5.88. The molecule has 0 aliphatic carbocycles. The lowest BCUT2D eigenvalue weighted by Gasteiger charge is -2.09. The fourth-order valence-electron chi connectivity index (χ4n) is 1.19. The Labute approximate surface area is 124 Å². The van der Waals surface area contributed by atoms with E-state index in [4.69, 9.17) is 18.0 Å². The van der Waals surface area contributed by atoms with Gasteiger partial charge in [-0.15, -0.1) is 30.4 Å². The molecule has 0 radical (unpaired) electrons. The summed E-state index contributed by atoms with van der Waals surface area (Å²) in [6.07, 6.45) is 5.15. The molecule has 1 aromatic carbocycles. The molecule has 0 aromatic heterocycles. The second-order valence-electron chi connectivity index (χ2n) is 3.11. The van der Waals surface area contributed by atoms with Crippen molar-refractivity contribution in [3.63, 3.8) is 0 Å². The fraction of sp³-hybridized carbons (Fsp3) is 0.250. The minimum absolute atomic E-state index is 0. The van der Waals surface area contributed by atoms with Crippen LogP contribution in [0, 0.1) is 12.3 Å². The molecule has 92 valence electrons. The normalized spacial score (nSPS) is 10.1. The molecule has 5 heteroatoms. The number of aliphatic imine (C=N–C) groups is 1. The second kappa shape index (κ2) is 9.14. The zero-order valence-electron chi connectivity index (χ0n) is 9.53. The van der Waals surface area contributed by atoms with Crippen molar-refractivity contribution < 1.29 is 0 Å². The third kappa shape index (κ3) is 6.39. The first-order chi connectivity index (χ1) is 7.76. The number of nitrogens with zero attached hydrogens (tertiary/aromatic N) is 1. The van der Waals surface area contributed by atoms with Crippen molar-refractivity contribution >= 4 is 41.5 Å². The summed E-state index contributed by atoms with van der Waals surface area (Å²) in [7, 11) is 1.70. The summed E-state index contributed by atoms with van der Waals surface area (Å²) in [5.74, 6) is 3.17. The number of hydrogen-bond acceptors (Lipinski definition) is 1. The van der Waals surface area contributed by atoms with Crippen molar-refractivity contribution in [1.29, 1.82) is 0 Å². The number of halogens is 2. The van der Waals surface area contributed by atoms with Crippen LogP contribution in [0.5, 0.6) is 0 Å². The lowest BCUT2D eigenvalue weighted by molar-refractivity contribution is 0.851. The van der Waals surface area contributed by atoms with Crippen molar-refractivity contribution in [2.45, 2.75) is 6.54 Å². The van der Waals surface area contributed by atoms with E-state index < -0.39 is 0 Å². The summed E-state index contributed by atoms with van der Waals surface area (Å²) in [6, 6.07) is 7.66. The highest BCUT2D eigenvalue weighted by Gasteiger charge is 1.97. The largest absolute Gasteiger partial charge is 0.352 e. The molecule has 1 aromatic rings. The Morgan fingerprint density at radius 2 is 2.24 bits per heavy atom. The third-order valence-corrected chi connectivity index (χ3v) is 2.17. The van der Waals surface area contributed by atoms with Crippen LogP contribution >= 0.6 is 35.6 Å². The number of hydrogen-bond donors (Lipinski definition) is 2. The standard InChI is InChI=1S/C12H14ClN3.HI/c1-3-7-15-12(14-2)16-9-10-5-4-6-11(13)8-10;/h1,4-6,8H,7,9H2,2H3,(H2,14,15,16);1H. The maximum atomic E-state index is 5.88. The lowest BCUT2D eigenvalue weighted by atomic mass is 10.2. The Morgan fingerprint density at radius 1 is 1.47 bits per heavy atom. The van der Waals surface area contributed by atoms with Gasteiger partial charge in [0.15, 0.2) is 5.96 Å². The van der Waals surface area contributed by atoms with Crippen LogP contribution in [0.2, 0.25) is 5.02 Å². The van der Waals surface area contributed by atoms with Crippen LogP contribution in [-0.4, -0.2) is 19.6 Å². The molecular weight excluding hydrogens is 349 g/mol. The van der Waals surface area contributed by atoms with Crippen LogP contribution in [0.4, 0.5) is 0 Å². The Morgan fingerprint density at radius 3 is 2.82 bits per heavy atom. The van der Waals surface area contributed by atoms with Crippen LogP contribution in [0.3, 0.4) is 0 Å². The van der Waals surface area contributed by atoms with Gasteiger partial charge in [0.25, 0.3) is 0 Å². The molecule has 0 bridgehead atoms. The molecule has 3 nitrogen and oxygen atoms in total. The molecule has 0 aliphatic rings. The molecule has 0 heterocycles. The molecule has 0 fully saturated rings. The lowest BCUT2D eigenvalue weighted by Crippen LogP contribution is -2.36. The third-order valence-electron chi connectivity index (χ3n) is 1.93. The summed E-state index contributed by atoms with van der Waals surface area (Å²) < 4.78 is 0. The molecule has 2 N–H and O–H groups in total. The minimum Gasteiger partial charge on any atom is -0.352 e. The number of guanidine groups is 1. The summed E-state index contributed by atoms with van der Waals surface area (Å²) in [6.45, 7) is 1.11. The van der Waals surface area contributed by atoms with Crippen molar-refractivity contribution in [2.75, 3.05) is 13.6 Å². The summed E-state index contributed by atoms with van der Waals surface area (Å²) in [4.78, 5) is 4.03. The van der Waals surface area contributed by atoms with E-state index in [1.165, 1.54) is 0 Å². The molecule has 0 saturated heterocycles. The molecule has 17 heavy (non-hydrogen) atoms. The highest BCUT2D eigenvalue weighted by Crippen LogP contribution is 2.09. The number of rotatable bonds is 3. The van der Waals surface area contributed by atoms with Gasteiger partial charge in [0.05, 0.1) is 6.54 Å². The summed E-state index contributed by atoms with van der Waals surface area (Å²) in [5, 5.41) is 6.83. The van der Waals surface area contributed by atoms with Gasteiger partial charge in [-0.05, 0) is 17.7 Å². The van der Waals surface area contributed by atoms with Crippen LogP contribution in [0.1, 0.15) is 5.56 Å². The summed E-state index contributed by atoms with van der Waals surface area (Å²) in [5.41, 5.74) is 1.09. The van der Waals surface area contributed by atoms with Gasteiger partial charge in [0.2, 0.25) is 0 Å². The van der Waals surface area contributed by atoms with Crippen molar-refractivity contribution in [2.24, 2.45) is 4.99 Å². The number of terminal acetylenes is 1. The average molecular weight is 364 g/mol. The molecule has 0 saturated carbocycles. The summed E-state index contributed by atoms with van der Waals surface area (Å²) >= 11 is 5.88. The predicted octanol–water partition coefficient (Wildman–Crippen LogP) is 2.26. The average Bonchev–Trinajstić information content (AvgIpc) is 2.29. The van der Waals surface area contributed by atoms with Gasteiger partial charge < -0.3 is 10.6 Å². The van der Waals surface area contributed by atoms with E-state index in [1.807, 2.05) is 24.3 Å². The zero-order valence-corrected chi connectivity index (χ0v) is 12.6. The zero-order chi connectivity index (χ0) is 11.8. The van der Waals surface area contributed by atoms with Gasteiger partial charge in [0, 0.05) is 18.6 Å². The van der Waals surface area contributed by atoms with E-state index in [2.05, 4.69) is 21.5 Å². The quantitative estimate of drug-likeness (QED) is 0.374. The first-order valence-electron chi connectivity index (χ1n) is 4.88. The van der Waals surface area contributed by atoms with Gasteiger partial charge in [0.1, 0.15) is 0 Å². The van der Waals surface area contributed by atoms with Crippen molar-refractivity contribution in [3.8, 4) is 12.3 Å². The Kier molecular flexibility index (Phi) is 8.64. The smallest absolute Gasteiger partial charge is 0.192 e. The Bertz CT molecular complexity index is 412. The van der Waals surface area contributed by atoms with Crippen LogP contribution < -0.4 is 10.6 Å².